The van der Waals surface area contributed by atoms with Gasteiger partial charge in [-0.3, -0.25) is 29.2 Å². The van der Waals surface area contributed by atoms with E-state index in [1.165, 1.54) is 5.01 Å². The van der Waals surface area contributed by atoms with Gasteiger partial charge in [-0.15, -0.1) is 0 Å². The van der Waals surface area contributed by atoms with Crippen LogP contribution >= 0.6 is 0 Å². The van der Waals surface area contributed by atoms with Gasteiger partial charge in [0.05, 0.1) is 17.5 Å². The fourth-order valence-corrected chi connectivity index (χ4v) is 6.80. The molecule has 1 aromatic heterocycles. The molecule has 264 valence electrons. The van der Waals surface area contributed by atoms with Crippen LogP contribution in [0.4, 0.5) is 0 Å². The Bertz CT molecular complexity index is 1500. The van der Waals surface area contributed by atoms with Crippen molar-refractivity contribution < 1.29 is 28.7 Å². The molecule has 2 aromatic rings. The molecule has 0 radical (unpaired) electrons. The highest BCUT2D eigenvalue weighted by molar-refractivity contribution is 6.74. The molecule has 1 aliphatic heterocycles. The summed E-state index contributed by atoms with van der Waals surface area (Å²) in [4.78, 5) is 56.9. The van der Waals surface area contributed by atoms with E-state index in [0.29, 0.717) is 19.4 Å². The molecule has 0 aliphatic carbocycles. The van der Waals surface area contributed by atoms with Crippen LogP contribution in [0.3, 0.4) is 0 Å². The van der Waals surface area contributed by atoms with Gasteiger partial charge in [0, 0.05) is 17.6 Å². The van der Waals surface area contributed by atoms with E-state index in [-0.39, 0.29) is 16.9 Å². The largest absolute Gasteiger partial charge is 0.480 e. The van der Waals surface area contributed by atoms with Crippen LogP contribution in [0, 0.1) is 11.8 Å². The molecule has 1 fully saturated rings. The summed E-state index contributed by atoms with van der Waals surface area (Å²) in [6.45, 7) is 20.2. The van der Waals surface area contributed by atoms with E-state index in [1.807, 2.05) is 57.2 Å². The maximum atomic E-state index is 14.1. The number of fused-ring (bicyclic) bond motifs is 1. The summed E-state index contributed by atoms with van der Waals surface area (Å²) in [5.41, 5.74) is 5.50. The van der Waals surface area contributed by atoms with Gasteiger partial charge in [-0.25, -0.2) is 5.43 Å². The van der Waals surface area contributed by atoms with Gasteiger partial charge in [0.2, 0.25) is 11.8 Å². The third kappa shape index (κ3) is 9.96. The summed E-state index contributed by atoms with van der Waals surface area (Å²) >= 11 is 0. The van der Waals surface area contributed by atoms with Crippen LogP contribution in [0.25, 0.3) is 17.0 Å². The molecular weight excluding hydrogens is 627 g/mol. The zero-order chi connectivity index (χ0) is 36.0. The number of nitrogens with zero attached hydrogens (tertiary/aromatic N) is 2. The number of carboxylic acid groups (broad SMARTS) is 1. The number of carboxylic acids is 1. The lowest BCUT2D eigenvalue weighted by molar-refractivity contribution is -0.148. The highest BCUT2D eigenvalue weighted by Crippen LogP contribution is 2.38. The number of amides is 3. The Morgan fingerprint density at radius 1 is 1.08 bits per heavy atom. The molecule has 0 saturated carbocycles. The lowest BCUT2D eigenvalue weighted by Crippen LogP contribution is -2.61. The molecule has 0 unspecified atom stereocenters. The fourth-order valence-electron chi connectivity index (χ4n) is 5.37. The highest BCUT2D eigenvalue weighted by Gasteiger charge is 2.41. The number of hydrogen-bond acceptors (Lipinski definition) is 7. The molecule has 4 N–H and O–H groups in total. The highest BCUT2D eigenvalue weighted by atomic mass is 28.4. The van der Waals surface area contributed by atoms with Crippen molar-refractivity contribution in [3.8, 4) is 0 Å². The Hall–Kier alpha value is -3.61. The molecule has 1 aromatic carbocycles. The first-order chi connectivity index (χ1) is 22.3. The van der Waals surface area contributed by atoms with Crippen LogP contribution in [0.2, 0.25) is 18.1 Å². The van der Waals surface area contributed by atoms with E-state index in [1.54, 1.807) is 6.92 Å². The van der Waals surface area contributed by atoms with Crippen molar-refractivity contribution in [2.45, 2.75) is 117 Å². The number of benzene rings is 1. The van der Waals surface area contributed by atoms with Crippen molar-refractivity contribution in [1.29, 1.82) is 0 Å². The Labute approximate surface area is 286 Å². The summed E-state index contributed by atoms with van der Waals surface area (Å²) < 4.78 is 6.68. The maximum Gasteiger partial charge on any atom is 0.322 e. The van der Waals surface area contributed by atoms with Gasteiger partial charge < -0.3 is 20.2 Å². The molecule has 1 saturated heterocycles. The predicted octanol–water partition coefficient (Wildman–Crippen LogP) is 5.06. The third-order valence-corrected chi connectivity index (χ3v) is 14.0. The predicted molar refractivity (Wildman–Crippen MR) is 191 cm³/mol. The average Bonchev–Trinajstić information content (AvgIpc) is 3.01. The van der Waals surface area contributed by atoms with Crippen LogP contribution in [0.15, 0.2) is 36.4 Å². The molecule has 48 heavy (non-hydrogen) atoms. The Morgan fingerprint density at radius 2 is 1.75 bits per heavy atom. The molecule has 2 heterocycles. The van der Waals surface area contributed by atoms with Crippen molar-refractivity contribution in [3.05, 3.63) is 47.7 Å². The first kappa shape index (κ1) is 38.8. The number of hydrogen-bond donors (Lipinski definition) is 4. The van der Waals surface area contributed by atoms with Crippen LogP contribution < -0.4 is 16.1 Å². The Morgan fingerprint density at radius 3 is 2.35 bits per heavy atom. The Kier molecular flexibility index (Phi) is 13.1. The number of rotatable bonds is 13. The number of aromatic nitrogens is 1. The first-order valence-electron chi connectivity index (χ1n) is 17.0. The number of carbonyl (C=O) groups excluding carboxylic acids is 3. The van der Waals surface area contributed by atoms with E-state index >= 15 is 0 Å². The average molecular weight is 682 g/mol. The summed E-state index contributed by atoms with van der Waals surface area (Å²) in [6, 6.07) is 7.33. The first-order valence-corrected chi connectivity index (χ1v) is 19.9. The normalized spacial score (nSPS) is 18.4. The van der Waals surface area contributed by atoms with Crippen LogP contribution in [0.5, 0.6) is 0 Å². The van der Waals surface area contributed by atoms with Crippen molar-refractivity contribution >= 4 is 49.0 Å². The van der Waals surface area contributed by atoms with E-state index in [2.05, 4.69) is 62.9 Å². The topological polar surface area (TPSA) is 150 Å². The maximum absolute atomic E-state index is 14.1. The number of carbonyl (C=O) groups is 4. The van der Waals surface area contributed by atoms with Gasteiger partial charge in [0.15, 0.2) is 8.32 Å². The molecule has 0 bridgehead atoms. The minimum atomic E-state index is -2.27. The second kappa shape index (κ2) is 16.2. The number of hydrazine groups is 1. The van der Waals surface area contributed by atoms with Crippen molar-refractivity contribution in [2.24, 2.45) is 11.8 Å². The van der Waals surface area contributed by atoms with E-state index < -0.39 is 56.2 Å². The van der Waals surface area contributed by atoms with Crippen LogP contribution in [-0.4, -0.2) is 77.9 Å². The molecule has 5 atom stereocenters. The fraction of sp³-hybridized carbons (Fsp3) is 0.583. The van der Waals surface area contributed by atoms with E-state index in [4.69, 9.17) is 9.41 Å². The molecule has 3 amide bonds. The zero-order valence-electron chi connectivity index (χ0n) is 30.2. The standard InChI is InChI=1S/C36H55N5O6Si/c1-11-27-18-17-26-16-14-25(21-30(26)38-27)15-19-28(24(5)47-48(9,10)36(6,7)8)32(42)39-31(22(2)3)33(43)37-23(4)34(44)41-20-12-13-29(40-41)35(45)46/h14-19,21-24,28-29,31,40H,11-13,20H2,1-10H3,(H,37,43)(H,39,42)(H,45,46)/b19-15+/t23-,24-,28+,29-,31-/m0/s1. The Balaban J connectivity index is 1.84. The molecule has 3 rings (SSSR count). The molecule has 0 spiro atoms. The van der Waals surface area contributed by atoms with Gasteiger partial charge in [-0.05, 0) is 74.9 Å². The second-order valence-electron chi connectivity index (χ2n) is 14.7. The number of pyridine rings is 1. The summed E-state index contributed by atoms with van der Waals surface area (Å²) in [5.74, 6) is -3.36. The van der Waals surface area contributed by atoms with Gasteiger partial charge in [-0.1, -0.05) is 71.9 Å². The molecule has 1 aliphatic rings. The molecule has 11 nitrogen and oxygen atoms in total. The lowest BCUT2D eigenvalue weighted by Gasteiger charge is -2.40. The second-order valence-corrected chi connectivity index (χ2v) is 19.4. The smallest absolute Gasteiger partial charge is 0.322 e. The van der Waals surface area contributed by atoms with Crippen molar-refractivity contribution in [1.82, 2.24) is 26.1 Å². The van der Waals surface area contributed by atoms with Crippen LogP contribution in [0.1, 0.15) is 79.5 Å². The summed E-state index contributed by atoms with van der Waals surface area (Å²) in [5, 5.41) is 17.3. The number of aryl methyl sites for hydroxylation is 1. The molecule has 12 heteroatoms. The zero-order valence-corrected chi connectivity index (χ0v) is 31.2. The van der Waals surface area contributed by atoms with E-state index in [9.17, 15) is 24.3 Å². The SMILES string of the molecule is CCc1ccc2ccc(/C=C/[C@@H](C(=O)N[C@H](C(=O)N[C@@H](C)C(=O)N3CCC[C@@H](C(=O)O)N3)C(C)C)[C@H](C)O[Si](C)(C)C(C)(C)C)cc2n1. The van der Waals surface area contributed by atoms with Crippen molar-refractivity contribution in [2.75, 3.05) is 6.54 Å². The molecular formula is C36H55N5O6Si. The number of nitrogens with one attached hydrogen (secondary N) is 3. The minimum absolute atomic E-state index is 0.0796. The summed E-state index contributed by atoms with van der Waals surface area (Å²) in [6.07, 6.45) is 5.01. The monoisotopic (exact) mass is 681 g/mol. The van der Waals surface area contributed by atoms with Gasteiger partial charge in [-0.2, -0.15) is 0 Å². The summed E-state index contributed by atoms with van der Waals surface area (Å²) in [7, 11) is -2.27. The van der Waals surface area contributed by atoms with E-state index in [0.717, 1.165) is 28.6 Å². The lowest BCUT2D eigenvalue weighted by atomic mass is 9.97. The third-order valence-electron chi connectivity index (χ3n) is 9.45. The number of aliphatic carboxylic acids is 1. The van der Waals surface area contributed by atoms with Crippen molar-refractivity contribution in [3.63, 3.8) is 0 Å². The minimum Gasteiger partial charge on any atom is -0.480 e. The van der Waals surface area contributed by atoms with Gasteiger partial charge in [0.25, 0.3) is 5.91 Å². The van der Waals surface area contributed by atoms with Gasteiger partial charge >= 0.3 is 5.97 Å². The van der Waals surface area contributed by atoms with Gasteiger partial charge in [0.1, 0.15) is 18.1 Å². The quantitative estimate of drug-likeness (QED) is 0.214. The van der Waals surface area contributed by atoms with Crippen LogP contribution in [-0.2, 0) is 30.0 Å².